The molecule has 4 rings (SSSR count). The minimum Gasteiger partial charge on any atom is -0.530 e. The molecule has 1 aliphatic heterocycles. The van der Waals surface area contributed by atoms with Crippen molar-refractivity contribution >= 4 is 14.8 Å². The summed E-state index contributed by atoms with van der Waals surface area (Å²) >= 11 is 0. The molecule has 0 spiro atoms. The first-order valence-electron chi connectivity index (χ1n) is 13.8. The molecular formula is C31H45N2O2Si. The molecule has 2 aliphatic rings. The van der Waals surface area contributed by atoms with Gasteiger partial charge in [-0.2, -0.15) is 0 Å². The second-order valence-corrected chi connectivity index (χ2v) is 14.5. The fourth-order valence-electron chi connectivity index (χ4n) is 6.45. The van der Waals surface area contributed by atoms with E-state index < -0.39 is 9.04 Å². The SMILES string of the molecule is CC(=O)[C@@H]1CN(C[C@@H]2CCc3ccc(O[Si](C)C)nc3[C@H](C(C)(C)C)C2)CC[C@H]1c1ccccc1C. The van der Waals surface area contributed by atoms with Crippen LogP contribution in [-0.4, -0.2) is 44.3 Å². The van der Waals surface area contributed by atoms with Crippen LogP contribution in [0, 0.1) is 24.2 Å². The number of carbonyl (C=O) groups is 1. The summed E-state index contributed by atoms with van der Waals surface area (Å²) in [6.07, 6.45) is 4.46. The van der Waals surface area contributed by atoms with Crippen LogP contribution >= 0.6 is 0 Å². The van der Waals surface area contributed by atoms with E-state index in [1.165, 1.54) is 28.8 Å². The molecule has 2 heterocycles. The van der Waals surface area contributed by atoms with Crippen LogP contribution in [0.15, 0.2) is 36.4 Å². The summed E-state index contributed by atoms with van der Waals surface area (Å²) < 4.78 is 6.07. The Morgan fingerprint density at radius 3 is 2.56 bits per heavy atom. The van der Waals surface area contributed by atoms with Gasteiger partial charge >= 0.3 is 0 Å². The van der Waals surface area contributed by atoms with Gasteiger partial charge in [0, 0.05) is 24.9 Å². The van der Waals surface area contributed by atoms with Gasteiger partial charge in [-0.05, 0) is 99.2 Å². The van der Waals surface area contributed by atoms with Gasteiger partial charge in [-0.15, -0.1) is 0 Å². The molecule has 1 aromatic heterocycles. The minimum absolute atomic E-state index is 0.0849. The summed E-state index contributed by atoms with van der Waals surface area (Å²) in [6, 6.07) is 13.0. The van der Waals surface area contributed by atoms with Gasteiger partial charge in [-0.1, -0.05) is 51.1 Å². The second kappa shape index (κ2) is 11.2. The van der Waals surface area contributed by atoms with Crippen LogP contribution in [-0.2, 0) is 11.2 Å². The number of Topliss-reactive ketones (excluding diaryl/α,β-unsaturated/α-hetero) is 1. The maximum atomic E-state index is 12.8. The van der Waals surface area contributed by atoms with E-state index in [1.54, 1.807) is 6.92 Å². The van der Waals surface area contributed by atoms with Crippen LogP contribution in [0.5, 0.6) is 5.88 Å². The van der Waals surface area contributed by atoms with Crippen LogP contribution in [0.25, 0.3) is 0 Å². The predicted octanol–water partition coefficient (Wildman–Crippen LogP) is 6.80. The molecule has 1 saturated heterocycles. The first-order valence-corrected chi connectivity index (χ1v) is 16.2. The van der Waals surface area contributed by atoms with E-state index in [9.17, 15) is 4.79 Å². The lowest BCUT2D eigenvalue weighted by molar-refractivity contribution is -0.123. The molecule has 36 heavy (non-hydrogen) atoms. The molecule has 195 valence electrons. The molecule has 0 unspecified atom stereocenters. The maximum absolute atomic E-state index is 12.8. The molecule has 1 fully saturated rings. The zero-order valence-electron chi connectivity index (χ0n) is 23.4. The van der Waals surface area contributed by atoms with Gasteiger partial charge in [0.1, 0.15) is 5.78 Å². The number of likely N-dealkylation sites (tertiary alicyclic amines) is 1. The van der Waals surface area contributed by atoms with Crippen molar-refractivity contribution in [2.24, 2.45) is 17.3 Å². The standard InChI is InChI=1S/C31H45N2O2Si/c1-21-10-8-9-11-25(21)26-16-17-33(20-27(26)22(2)34)19-23-12-13-24-14-15-29(35-36(6)7)32-30(24)28(18-23)31(3,4)5/h8-11,14-15,23,26-28H,12-13,16-20H2,1-7H3/t23-,26+,27+,28-/m1/s1. The van der Waals surface area contributed by atoms with Crippen LogP contribution in [0.2, 0.25) is 13.1 Å². The van der Waals surface area contributed by atoms with Crippen molar-refractivity contribution in [3.63, 3.8) is 0 Å². The number of nitrogens with zero attached hydrogens (tertiary/aromatic N) is 2. The summed E-state index contributed by atoms with van der Waals surface area (Å²) in [4.78, 5) is 20.4. The number of benzene rings is 1. The van der Waals surface area contributed by atoms with Crippen molar-refractivity contribution in [3.8, 4) is 5.88 Å². The molecule has 0 bridgehead atoms. The molecule has 0 amide bonds. The number of aromatic nitrogens is 1. The quantitative estimate of drug-likeness (QED) is 0.320. The number of ketones is 1. The first-order chi connectivity index (χ1) is 17.0. The molecule has 1 radical (unpaired) electrons. The van der Waals surface area contributed by atoms with Crippen LogP contribution in [0.1, 0.15) is 81.2 Å². The lowest BCUT2D eigenvalue weighted by Gasteiger charge is -2.40. The summed E-state index contributed by atoms with van der Waals surface area (Å²) in [5, 5.41) is 0. The van der Waals surface area contributed by atoms with E-state index in [0.717, 1.165) is 44.8 Å². The largest absolute Gasteiger partial charge is 0.530 e. The highest BCUT2D eigenvalue weighted by Crippen LogP contribution is 2.45. The molecular weight excluding hydrogens is 460 g/mol. The lowest BCUT2D eigenvalue weighted by atomic mass is 9.73. The topological polar surface area (TPSA) is 42.4 Å². The molecule has 1 aromatic carbocycles. The molecule has 0 N–H and O–H groups in total. The number of aryl methyl sites for hydroxylation is 2. The highest BCUT2D eigenvalue weighted by atomic mass is 28.3. The average molecular weight is 506 g/mol. The minimum atomic E-state index is -0.839. The number of hydrogen-bond acceptors (Lipinski definition) is 4. The fraction of sp³-hybridized carbons (Fsp3) is 0.613. The number of fused-ring (bicyclic) bond motifs is 1. The van der Waals surface area contributed by atoms with E-state index in [0.29, 0.717) is 23.5 Å². The van der Waals surface area contributed by atoms with Gasteiger partial charge in [0.2, 0.25) is 0 Å². The van der Waals surface area contributed by atoms with Crippen LogP contribution in [0.4, 0.5) is 0 Å². The number of carbonyl (C=O) groups excluding carboxylic acids is 1. The number of piperidine rings is 1. The van der Waals surface area contributed by atoms with Crippen molar-refractivity contribution in [3.05, 3.63) is 58.8 Å². The number of rotatable bonds is 6. The molecule has 4 atom stereocenters. The molecule has 0 saturated carbocycles. The van der Waals surface area contributed by atoms with E-state index >= 15 is 0 Å². The summed E-state index contributed by atoms with van der Waals surface area (Å²) in [6.45, 7) is 18.4. The van der Waals surface area contributed by atoms with Crippen molar-refractivity contribution in [2.45, 2.75) is 85.2 Å². The third-order valence-corrected chi connectivity index (χ3v) is 9.00. The molecule has 5 heteroatoms. The Balaban J connectivity index is 1.50. The monoisotopic (exact) mass is 505 g/mol. The smallest absolute Gasteiger partial charge is 0.276 e. The van der Waals surface area contributed by atoms with Crippen molar-refractivity contribution in [1.82, 2.24) is 9.88 Å². The summed E-state index contributed by atoms with van der Waals surface area (Å²) in [5.41, 5.74) is 5.46. The third-order valence-electron chi connectivity index (χ3n) is 8.39. The Bertz CT molecular complexity index is 1060. The Hall–Kier alpha value is -1.98. The van der Waals surface area contributed by atoms with Crippen molar-refractivity contribution in [1.29, 1.82) is 0 Å². The van der Waals surface area contributed by atoms with Crippen molar-refractivity contribution in [2.75, 3.05) is 19.6 Å². The maximum Gasteiger partial charge on any atom is 0.276 e. The van der Waals surface area contributed by atoms with Gasteiger partial charge < -0.3 is 9.33 Å². The van der Waals surface area contributed by atoms with E-state index in [4.69, 9.17) is 9.41 Å². The molecule has 1 aliphatic carbocycles. The van der Waals surface area contributed by atoms with Crippen LogP contribution in [0.3, 0.4) is 0 Å². The molecule has 4 nitrogen and oxygen atoms in total. The second-order valence-electron chi connectivity index (χ2n) is 12.5. The summed E-state index contributed by atoms with van der Waals surface area (Å²) in [7, 11) is -0.839. The third kappa shape index (κ3) is 6.28. The van der Waals surface area contributed by atoms with Gasteiger partial charge in [-0.25, -0.2) is 4.98 Å². The van der Waals surface area contributed by atoms with E-state index in [2.05, 4.69) is 82.1 Å². The highest BCUT2D eigenvalue weighted by molar-refractivity contribution is 6.49. The van der Waals surface area contributed by atoms with Gasteiger partial charge in [0.05, 0.1) is 5.69 Å². The Kier molecular flexibility index (Phi) is 8.41. The Morgan fingerprint density at radius 2 is 1.89 bits per heavy atom. The van der Waals surface area contributed by atoms with Crippen LogP contribution < -0.4 is 4.43 Å². The normalized spacial score (nSPS) is 25.3. The number of hydrogen-bond donors (Lipinski definition) is 0. The zero-order valence-corrected chi connectivity index (χ0v) is 24.4. The Morgan fingerprint density at radius 1 is 1.14 bits per heavy atom. The van der Waals surface area contributed by atoms with E-state index in [1.807, 2.05) is 0 Å². The predicted molar refractivity (Wildman–Crippen MR) is 150 cm³/mol. The Labute approximate surface area is 220 Å². The van der Waals surface area contributed by atoms with Crippen molar-refractivity contribution < 1.29 is 9.22 Å². The molecule has 2 aromatic rings. The highest BCUT2D eigenvalue weighted by Gasteiger charge is 2.38. The first kappa shape index (κ1) is 27.1. The van der Waals surface area contributed by atoms with E-state index in [-0.39, 0.29) is 11.3 Å². The fourth-order valence-corrected chi connectivity index (χ4v) is 6.99. The number of pyridine rings is 1. The van der Waals surface area contributed by atoms with Gasteiger partial charge in [0.15, 0.2) is 5.88 Å². The lowest BCUT2D eigenvalue weighted by Crippen LogP contribution is -2.44. The average Bonchev–Trinajstić information content (AvgIpc) is 2.98. The zero-order chi connectivity index (χ0) is 26.0. The van der Waals surface area contributed by atoms with Gasteiger partial charge in [-0.3, -0.25) is 4.79 Å². The van der Waals surface area contributed by atoms with Gasteiger partial charge in [0.25, 0.3) is 9.04 Å². The summed E-state index contributed by atoms with van der Waals surface area (Å²) in [5.74, 6) is 2.56.